The van der Waals surface area contributed by atoms with Gasteiger partial charge < -0.3 is 19.5 Å². The number of hydrogen-bond donors (Lipinski definition) is 1. The third kappa shape index (κ3) is 2.61. The minimum absolute atomic E-state index is 0.729. The fourth-order valence-corrected chi connectivity index (χ4v) is 3.98. The predicted molar refractivity (Wildman–Crippen MR) is 103 cm³/mol. The van der Waals surface area contributed by atoms with Crippen molar-refractivity contribution in [1.82, 2.24) is 15.0 Å². The number of para-hydroxylation sites is 1. The number of nitrogens with zero attached hydrogens (tertiary/aromatic N) is 4. The number of benzene rings is 1. The Kier molecular flexibility index (Phi) is 3.78. The molecule has 1 fully saturated rings. The Hall–Kier alpha value is -2.60. The highest BCUT2D eigenvalue weighted by molar-refractivity contribution is 5.92. The van der Waals surface area contributed by atoms with Crippen LogP contribution in [0.1, 0.15) is 17.7 Å². The summed E-state index contributed by atoms with van der Waals surface area (Å²) in [6, 6.07) is 10.8. The molecule has 26 heavy (non-hydrogen) atoms. The van der Waals surface area contributed by atoms with Gasteiger partial charge in [0.05, 0.1) is 18.6 Å². The smallest absolute Gasteiger partial charge is 0.229 e. The van der Waals surface area contributed by atoms with Crippen molar-refractivity contribution in [2.24, 2.45) is 0 Å². The topological polar surface area (TPSA) is 57.3 Å². The summed E-state index contributed by atoms with van der Waals surface area (Å²) in [6.45, 7) is 6.18. The lowest BCUT2D eigenvalue weighted by molar-refractivity contribution is 0.122. The van der Waals surface area contributed by atoms with Crippen LogP contribution in [0, 0.1) is 6.92 Å². The Labute approximate surface area is 152 Å². The van der Waals surface area contributed by atoms with Crippen molar-refractivity contribution in [3.63, 3.8) is 0 Å². The van der Waals surface area contributed by atoms with E-state index >= 15 is 0 Å². The quantitative estimate of drug-likeness (QED) is 0.770. The summed E-state index contributed by atoms with van der Waals surface area (Å²) in [5.74, 6) is 1.80. The number of anilines is 3. The van der Waals surface area contributed by atoms with Crippen LogP contribution in [0.25, 0.3) is 11.0 Å². The van der Waals surface area contributed by atoms with Gasteiger partial charge in [-0.25, -0.2) is 0 Å². The normalized spacial score (nSPS) is 17.6. The lowest BCUT2D eigenvalue weighted by atomic mass is 10.0. The lowest BCUT2D eigenvalue weighted by Crippen LogP contribution is -2.37. The van der Waals surface area contributed by atoms with E-state index in [2.05, 4.69) is 52.0 Å². The Morgan fingerprint density at radius 3 is 2.81 bits per heavy atom. The number of aryl methyl sites for hydroxylation is 2. The van der Waals surface area contributed by atoms with Crippen molar-refractivity contribution >= 4 is 28.5 Å². The van der Waals surface area contributed by atoms with Crippen LogP contribution >= 0.6 is 0 Å². The standard InChI is InChI=1S/C20H23N5O/c1-14-13-16-18(21-14)22-20(24-9-11-26-12-10-24)23-19(16)25-8-4-6-15-5-2-3-7-17(15)25/h2-3,5,7,13H,4,6,8-12H2,1H3,(H,21,22,23). The predicted octanol–water partition coefficient (Wildman–Crippen LogP) is 3.19. The van der Waals surface area contributed by atoms with Gasteiger partial charge >= 0.3 is 0 Å². The molecule has 1 aromatic carbocycles. The van der Waals surface area contributed by atoms with Gasteiger partial charge in [-0.05, 0) is 37.5 Å². The van der Waals surface area contributed by atoms with Gasteiger partial charge in [0.1, 0.15) is 11.5 Å². The largest absolute Gasteiger partial charge is 0.378 e. The Balaban J connectivity index is 1.67. The van der Waals surface area contributed by atoms with E-state index in [0.717, 1.165) is 74.2 Å². The lowest BCUT2D eigenvalue weighted by Gasteiger charge is -2.32. The van der Waals surface area contributed by atoms with Crippen molar-refractivity contribution in [1.29, 1.82) is 0 Å². The minimum Gasteiger partial charge on any atom is -0.378 e. The van der Waals surface area contributed by atoms with E-state index in [1.807, 2.05) is 0 Å². The van der Waals surface area contributed by atoms with Crippen molar-refractivity contribution < 1.29 is 4.74 Å². The monoisotopic (exact) mass is 349 g/mol. The van der Waals surface area contributed by atoms with E-state index in [0.29, 0.717) is 0 Å². The zero-order chi connectivity index (χ0) is 17.5. The highest BCUT2D eigenvalue weighted by Gasteiger charge is 2.24. The molecule has 0 saturated carbocycles. The van der Waals surface area contributed by atoms with Crippen LogP contribution in [0.3, 0.4) is 0 Å². The van der Waals surface area contributed by atoms with Crippen molar-refractivity contribution in [2.45, 2.75) is 19.8 Å². The molecule has 6 nitrogen and oxygen atoms in total. The molecule has 0 atom stereocenters. The number of H-pyrrole nitrogens is 1. The number of ether oxygens (including phenoxy) is 1. The van der Waals surface area contributed by atoms with E-state index in [1.54, 1.807) is 0 Å². The molecule has 0 amide bonds. The fourth-order valence-electron chi connectivity index (χ4n) is 3.98. The maximum Gasteiger partial charge on any atom is 0.229 e. The first-order valence-corrected chi connectivity index (χ1v) is 9.35. The van der Waals surface area contributed by atoms with Crippen molar-refractivity contribution in [3.8, 4) is 0 Å². The molecule has 1 saturated heterocycles. The molecule has 0 aliphatic carbocycles. The highest BCUT2D eigenvalue weighted by atomic mass is 16.5. The van der Waals surface area contributed by atoms with Gasteiger partial charge in [-0.1, -0.05) is 18.2 Å². The van der Waals surface area contributed by atoms with Gasteiger partial charge in [0.25, 0.3) is 0 Å². The molecule has 3 aromatic rings. The summed E-state index contributed by atoms with van der Waals surface area (Å²) in [5, 5.41) is 1.09. The van der Waals surface area contributed by atoms with E-state index in [-0.39, 0.29) is 0 Å². The van der Waals surface area contributed by atoms with Crippen molar-refractivity contribution in [3.05, 3.63) is 41.6 Å². The van der Waals surface area contributed by atoms with E-state index in [9.17, 15) is 0 Å². The first-order chi connectivity index (χ1) is 12.8. The first-order valence-electron chi connectivity index (χ1n) is 9.35. The maximum atomic E-state index is 5.49. The van der Waals surface area contributed by atoms with Gasteiger partial charge in [0.15, 0.2) is 0 Å². The average molecular weight is 349 g/mol. The zero-order valence-electron chi connectivity index (χ0n) is 15.0. The molecule has 0 radical (unpaired) electrons. The maximum absolute atomic E-state index is 5.49. The Morgan fingerprint density at radius 2 is 1.92 bits per heavy atom. The summed E-state index contributed by atoms with van der Waals surface area (Å²) in [7, 11) is 0. The van der Waals surface area contributed by atoms with Gasteiger partial charge in [-0.2, -0.15) is 9.97 Å². The van der Waals surface area contributed by atoms with Crippen LogP contribution in [-0.2, 0) is 11.2 Å². The number of aromatic nitrogens is 3. The van der Waals surface area contributed by atoms with Gasteiger partial charge in [0.2, 0.25) is 5.95 Å². The van der Waals surface area contributed by atoms with Crippen molar-refractivity contribution in [2.75, 3.05) is 42.6 Å². The first kappa shape index (κ1) is 15.6. The number of nitrogens with one attached hydrogen (secondary N) is 1. The molecule has 6 heteroatoms. The van der Waals surface area contributed by atoms with E-state index in [4.69, 9.17) is 14.7 Å². The van der Waals surface area contributed by atoms with Gasteiger partial charge in [0, 0.05) is 31.0 Å². The van der Waals surface area contributed by atoms with Crippen LogP contribution < -0.4 is 9.80 Å². The summed E-state index contributed by atoms with van der Waals surface area (Å²) in [6.07, 6.45) is 2.27. The third-order valence-electron chi connectivity index (χ3n) is 5.25. The molecule has 1 N–H and O–H groups in total. The summed E-state index contributed by atoms with van der Waals surface area (Å²) in [5.41, 5.74) is 4.69. The molecule has 2 aliphatic rings. The molecular weight excluding hydrogens is 326 g/mol. The molecule has 4 heterocycles. The van der Waals surface area contributed by atoms with Gasteiger partial charge in [-0.15, -0.1) is 0 Å². The second kappa shape index (κ2) is 6.29. The Bertz CT molecular complexity index is 945. The number of aromatic amines is 1. The number of rotatable bonds is 2. The highest BCUT2D eigenvalue weighted by Crippen LogP contribution is 2.36. The second-order valence-corrected chi connectivity index (χ2v) is 7.05. The molecule has 2 aliphatic heterocycles. The van der Waals surface area contributed by atoms with Crippen LogP contribution in [0.2, 0.25) is 0 Å². The molecule has 5 rings (SSSR count). The average Bonchev–Trinajstić information content (AvgIpc) is 3.07. The van der Waals surface area contributed by atoms with Crippen LogP contribution in [-0.4, -0.2) is 47.8 Å². The summed E-state index contributed by atoms with van der Waals surface area (Å²) < 4.78 is 5.49. The molecule has 0 unspecified atom stereocenters. The molecule has 2 aromatic heterocycles. The number of fused-ring (bicyclic) bond motifs is 2. The molecule has 0 spiro atoms. The molecule has 134 valence electrons. The number of morpholine rings is 1. The fraction of sp³-hybridized carbons (Fsp3) is 0.400. The van der Waals surface area contributed by atoms with E-state index < -0.39 is 0 Å². The van der Waals surface area contributed by atoms with Crippen LogP contribution in [0.5, 0.6) is 0 Å². The Morgan fingerprint density at radius 1 is 1.08 bits per heavy atom. The minimum atomic E-state index is 0.729. The van der Waals surface area contributed by atoms with Gasteiger partial charge in [-0.3, -0.25) is 0 Å². The number of hydrogen-bond acceptors (Lipinski definition) is 5. The summed E-state index contributed by atoms with van der Waals surface area (Å²) >= 11 is 0. The van der Waals surface area contributed by atoms with Crippen LogP contribution in [0.15, 0.2) is 30.3 Å². The van der Waals surface area contributed by atoms with E-state index in [1.165, 1.54) is 11.3 Å². The SMILES string of the molecule is Cc1cc2c(N3CCCc4ccccc43)nc(N3CCOCC3)nc2[nH]1. The van der Waals surface area contributed by atoms with Crippen LogP contribution in [0.4, 0.5) is 17.5 Å². The third-order valence-corrected chi connectivity index (χ3v) is 5.25. The zero-order valence-corrected chi connectivity index (χ0v) is 15.0. The molecular formula is C20H23N5O. The second-order valence-electron chi connectivity index (χ2n) is 7.05. The summed E-state index contributed by atoms with van der Waals surface area (Å²) in [4.78, 5) is 17.8. The molecule has 0 bridgehead atoms.